The van der Waals surface area contributed by atoms with Gasteiger partial charge in [0.15, 0.2) is 0 Å². The number of carbonyl (C=O) groups is 2. The first-order valence-corrected chi connectivity index (χ1v) is 18.4. The highest BCUT2D eigenvalue weighted by Gasteiger charge is 2.16. The Hall–Kier alpha value is -3.16. The van der Waals surface area contributed by atoms with Crippen LogP contribution in [0, 0.1) is 0 Å². The van der Waals surface area contributed by atoms with Crippen LogP contribution in [0.1, 0.15) is 120 Å². The van der Waals surface area contributed by atoms with Crippen LogP contribution in [-0.4, -0.2) is 80.8 Å². The fraction of sp³-hybridized carbons (Fsp3) is 0.600. The Bertz CT molecular complexity index is 1360. The molecule has 0 heterocycles. The van der Waals surface area contributed by atoms with E-state index in [2.05, 4.69) is 37.5 Å². The predicted octanol–water partition coefficient (Wildman–Crippen LogP) is 9.29. The lowest BCUT2D eigenvalue weighted by Gasteiger charge is -2.21. The maximum atomic E-state index is 13.0. The van der Waals surface area contributed by atoms with Gasteiger partial charge in [-0.05, 0) is 118 Å². The van der Waals surface area contributed by atoms with Crippen molar-refractivity contribution in [1.82, 2.24) is 9.80 Å². The third-order valence-corrected chi connectivity index (χ3v) is 8.70. The molecule has 0 unspecified atom stereocenters. The molecule has 0 bridgehead atoms. The number of benzene rings is 3. The highest BCUT2D eigenvalue weighted by molar-refractivity contribution is 6.13. The van der Waals surface area contributed by atoms with Gasteiger partial charge in [0, 0.05) is 18.5 Å². The predicted molar refractivity (Wildman–Crippen MR) is 195 cm³/mol. The Morgan fingerprint density at radius 3 is 1.45 bits per heavy atom. The summed E-state index contributed by atoms with van der Waals surface area (Å²) < 4.78 is 17.4. The van der Waals surface area contributed by atoms with Crippen molar-refractivity contribution in [2.45, 2.75) is 98.8 Å². The van der Waals surface area contributed by atoms with Gasteiger partial charge in [-0.2, -0.15) is 0 Å². The summed E-state index contributed by atoms with van der Waals surface area (Å²) in [7, 11) is 0. The van der Waals surface area contributed by atoms with E-state index in [0.29, 0.717) is 36.7 Å². The largest absolute Gasteiger partial charge is 0.493 e. The average molecular weight is 649 g/mol. The van der Waals surface area contributed by atoms with Crippen LogP contribution in [-0.2, 0) is 9.47 Å². The van der Waals surface area contributed by atoms with Crippen LogP contribution in [0.25, 0.3) is 21.5 Å². The molecule has 0 saturated carbocycles. The first-order chi connectivity index (χ1) is 22.9. The molecule has 3 aromatic rings. The van der Waals surface area contributed by atoms with Crippen molar-refractivity contribution in [1.29, 1.82) is 0 Å². The Balaban J connectivity index is 1.66. The van der Waals surface area contributed by atoms with E-state index >= 15 is 0 Å². The van der Waals surface area contributed by atoms with E-state index in [1.165, 1.54) is 51.4 Å². The van der Waals surface area contributed by atoms with Crippen molar-refractivity contribution in [2.75, 3.05) is 59.1 Å². The van der Waals surface area contributed by atoms with Crippen LogP contribution in [0.2, 0.25) is 0 Å². The molecule has 0 aliphatic rings. The third-order valence-electron chi connectivity index (χ3n) is 8.70. The van der Waals surface area contributed by atoms with Gasteiger partial charge in [0.25, 0.3) is 0 Å². The summed E-state index contributed by atoms with van der Waals surface area (Å²) >= 11 is 0. The van der Waals surface area contributed by atoms with Crippen LogP contribution in [0.15, 0.2) is 42.5 Å². The molecule has 0 fully saturated rings. The second kappa shape index (κ2) is 21.7. The molecular formula is C40H60N2O5. The Morgan fingerprint density at radius 1 is 0.532 bits per heavy atom. The molecule has 0 saturated heterocycles. The second-order valence-electron chi connectivity index (χ2n) is 12.6. The summed E-state index contributed by atoms with van der Waals surface area (Å²) in [4.78, 5) is 31.0. The van der Waals surface area contributed by atoms with Gasteiger partial charge < -0.3 is 24.0 Å². The van der Waals surface area contributed by atoms with Gasteiger partial charge in [0.1, 0.15) is 5.75 Å². The summed E-state index contributed by atoms with van der Waals surface area (Å²) in [5, 5.41) is 3.70. The average Bonchev–Trinajstić information content (AvgIpc) is 3.09. The van der Waals surface area contributed by atoms with E-state index in [9.17, 15) is 9.59 Å². The van der Waals surface area contributed by atoms with E-state index in [1.807, 2.05) is 49.4 Å². The normalized spacial score (nSPS) is 11.6. The van der Waals surface area contributed by atoms with Crippen molar-refractivity contribution < 1.29 is 23.8 Å². The second-order valence-corrected chi connectivity index (χ2v) is 12.6. The number of nitrogens with zero attached hydrogens (tertiary/aromatic N) is 2. The van der Waals surface area contributed by atoms with Crippen molar-refractivity contribution >= 4 is 33.5 Å². The molecule has 0 aromatic heterocycles. The minimum absolute atomic E-state index is 0.310. The Labute approximate surface area is 283 Å². The highest BCUT2D eigenvalue weighted by atomic mass is 16.5. The zero-order valence-electron chi connectivity index (χ0n) is 29.9. The zero-order chi connectivity index (χ0) is 33.9. The standard InChI is InChI=1S/C40H60N2O5/c1-6-11-21-41(22-12-7-2)25-15-27-46-39(43)32-17-19-35-34(29-32)31-38(45-10-5)37-30-33(18-20-36(35)37)40(44)47-28-16-26-42(23-13-8-3)24-14-9-4/h17-20,29-31H,6-16,21-28H2,1-5H3. The van der Waals surface area contributed by atoms with E-state index in [4.69, 9.17) is 14.2 Å². The van der Waals surface area contributed by atoms with E-state index < -0.39 is 0 Å². The number of carbonyl (C=O) groups excluding carboxylic acids is 2. The van der Waals surface area contributed by atoms with Gasteiger partial charge in [0.2, 0.25) is 0 Å². The molecule has 3 rings (SSSR count). The number of unbranched alkanes of at least 4 members (excludes halogenated alkanes) is 4. The first-order valence-electron chi connectivity index (χ1n) is 18.4. The van der Waals surface area contributed by atoms with Gasteiger partial charge in [-0.1, -0.05) is 65.5 Å². The molecule has 47 heavy (non-hydrogen) atoms. The molecule has 3 aromatic carbocycles. The van der Waals surface area contributed by atoms with Gasteiger partial charge in [-0.3, -0.25) is 0 Å². The van der Waals surface area contributed by atoms with Crippen LogP contribution in [0.4, 0.5) is 0 Å². The van der Waals surface area contributed by atoms with Crippen molar-refractivity contribution in [2.24, 2.45) is 0 Å². The lowest BCUT2D eigenvalue weighted by molar-refractivity contribution is 0.0478. The minimum atomic E-state index is -0.319. The SMILES string of the molecule is CCCCN(CCCC)CCCOC(=O)c1ccc2c(c1)cc(OCC)c1cc(C(=O)OCCCN(CCCC)CCCC)ccc12. The molecule has 7 heteroatoms. The van der Waals surface area contributed by atoms with E-state index in [1.54, 1.807) is 0 Å². The van der Waals surface area contributed by atoms with Crippen molar-refractivity contribution in [3.8, 4) is 5.75 Å². The molecule has 0 spiro atoms. The lowest BCUT2D eigenvalue weighted by Crippen LogP contribution is -2.28. The van der Waals surface area contributed by atoms with Gasteiger partial charge in [-0.15, -0.1) is 0 Å². The number of fused-ring (bicyclic) bond motifs is 3. The molecule has 0 aliphatic heterocycles. The highest BCUT2D eigenvalue weighted by Crippen LogP contribution is 2.35. The summed E-state index contributed by atoms with van der Waals surface area (Å²) in [6.45, 7) is 18.4. The molecular weight excluding hydrogens is 588 g/mol. The molecule has 260 valence electrons. The van der Waals surface area contributed by atoms with Crippen molar-refractivity contribution in [3.05, 3.63) is 53.6 Å². The zero-order valence-corrected chi connectivity index (χ0v) is 29.9. The monoisotopic (exact) mass is 648 g/mol. The summed E-state index contributed by atoms with van der Waals surface area (Å²) in [5.74, 6) is 0.0486. The van der Waals surface area contributed by atoms with Gasteiger partial charge >= 0.3 is 11.9 Å². The van der Waals surface area contributed by atoms with Crippen molar-refractivity contribution in [3.63, 3.8) is 0 Å². The molecule has 0 N–H and O–H groups in total. The molecule has 7 nitrogen and oxygen atoms in total. The number of ether oxygens (including phenoxy) is 3. The van der Waals surface area contributed by atoms with Crippen LogP contribution in [0.5, 0.6) is 5.75 Å². The summed E-state index contributed by atoms with van der Waals surface area (Å²) in [6.07, 6.45) is 11.2. The lowest BCUT2D eigenvalue weighted by atomic mass is 9.97. The maximum Gasteiger partial charge on any atom is 0.338 e. The Kier molecular flexibility index (Phi) is 17.6. The number of hydrogen-bond acceptors (Lipinski definition) is 7. The third kappa shape index (κ3) is 12.4. The van der Waals surface area contributed by atoms with E-state index in [0.717, 1.165) is 73.7 Å². The molecule has 0 radical (unpaired) electrons. The first kappa shape index (κ1) is 38.3. The minimum Gasteiger partial charge on any atom is -0.493 e. The number of hydrogen-bond donors (Lipinski definition) is 0. The molecule has 0 amide bonds. The maximum absolute atomic E-state index is 13.0. The van der Waals surface area contributed by atoms with Crippen LogP contribution in [0.3, 0.4) is 0 Å². The van der Waals surface area contributed by atoms with Gasteiger partial charge in [0.05, 0.1) is 30.9 Å². The smallest absolute Gasteiger partial charge is 0.338 e. The fourth-order valence-electron chi connectivity index (χ4n) is 5.93. The van der Waals surface area contributed by atoms with Crippen LogP contribution >= 0.6 is 0 Å². The fourth-order valence-corrected chi connectivity index (χ4v) is 5.93. The quantitative estimate of drug-likeness (QED) is 0.0545. The number of esters is 2. The Morgan fingerprint density at radius 2 is 0.979 bits per heavy atom. The number of rotatable bonds is 24. The molecule has 0 aliphatic carbocycles. The summed E-state index contributed by atoms with van der Waals surface area (Å²) in [6, 6.07) is 13.3. The molecule has 0 atom stereocenters. The summed E-state index contributed by atoms with van der Waals surface area (Å²) in [5.41, 5.74) is 1.03. The van der Waals surface area contributed by atoms with Crippen LogP contribution < -0.4 is 4.74 Å². The van der Waals surface area contributed by atoms with Gasteiger partial charge in [-0.25, -0.2) is 9.59 Å². The van der Waals surface area contributed by atoms with E-state index in [-0.39, 0.29) is 11.9 Å². The topological polar surface area (TPSA) is 68.3 Å².